The highest BCUT2D eigenvalue weighted by Crippen LogP contribution is 2.31. The zero-order valence-electron chi connectivity index (χ0n) is 48.4. The number of phenolic OH excluding ortho intramolecular Hbond substituents is 1. The molecule has 0 radical (unpaired) electrons. The van der Waals surface area contributed by atoms with E-state index in [1.807, 2.05) is 35.2 Å². The Morgan fingerprint density at radius 1 is 0.558 bits per heavy atom. The van der Waals surface area contributed by atoms with Gasteiger partial charge < -0.3 is 84.8 Å². The van der Waals surface area contributed by atoms with E-state index in [-0.39, 0.29) is 94.2 Å². The fourth-order valence-corrected chi connectivity index (χ4v) is 8.99. The number of imidazole rings is 2. The maximum atomic E-state index is 14.4. The summed E-state index contributed by atoms with van der Waals surface area (Å²) in [7, 11) is 2.09. The predicted octanol–water partition coefficient (Wildman–Crippen LogP) is 2.52. The van der Waals surface area contributed by atoms with Gasteiger partial charge >= 0.3 is 0 Å². The number of benzene rings is 3. The molecule has 0 aliphatic carbocycles. The maximum absolute atomic E-state index is 14.4. The van der Waals surface area contributed by atoms with Gasteiger partial charge in [-0.2, -0.15) is 0 Å². The number of carbonyl (C=O) groups is 5. The topological polar surface area (TPSA) is 314 Å². The van der Waals surface area contributed by atoms with Crippen LogP contribution < -0.4 is 41.0 Å². The number of aromatic amines is 2. The van der Waals surface area contributed by atoms with Crippen molar-refractivity contribution in [2.24, 2.45) is 0 Å². The number of carbonyl (C=O) groups excluding carboxylic acids is 5. The van der Waals surface area contributed by atoms with E-state index in [1.165, 1.54) is 12.4 Å². The van der Waals surface area contributed by atoms with Gasteiger partial charge in [0.2, 0.25) is 11.8 Å². The number of likely N-dealkylation sites (N-methyl/N-ethyl adjacent to an activating group) is 1. The van der Waals surface area contributed by atoms with Crippen LogP contribution >= 0.6 is 0 Å². The third-order valence-corrected chi connectivity index (χ3v) is 13.6. The third-order valence-electron chi connectivity index (χ3n) is 13.6. The van der Waals surface area contributed by atoms with Crippen LogP contribution in [0, 0.1) is 0 Å². The summed E-state index contributed by atoms with van der Waals surface area (Å²) in [5, 5.41) is 24.1. The van der Waals surface area contributed by atoms with Crippen molar-refractivity contribution in [1.82, 2.24) is 66.3 Å². The smallest absolute Gasteiger partial charge is 0.258 e. The molecule has 0 unspecified atom stereocenters. The Hall–Kier alpha value is -8.79. The van der Waals surface area contributed by atoms with E-state index in [9.17, 15) is 29.1 Å². The van der Waals surface area contributed by atoms with Crippen molar-refractivity contribution >= 4 is 57.3 Å². The summed E-state index contributed by atoms with van der Waals surface area (Å²) in [6, 6.07) is 23.4. The molecule has 5 amide bonds. The monoisotopic (exact) mass is 1180 g/mol. The number of aromatic hydroxyl groups is 1. The second-order valence-corrected chi connectivity index (χ2v) is 20.0. The van der Waals surface area contributed by atoms with E-state index in [2.05, 4.69) is 63.4 Å². The lowest BCUT2D eigenvalue weighted by Crippen LogP contribution is -2.44. The Labute approximate surface area is 498 Å². The van der Waals surface area contributed by atoms with Gasteiger partial charge in [-0.3, -0.25) is 33.9 Å². The highest BCUT2D eigenvalue weighted by Gasteiger charge is 2.22. The number of ether oxygens (including phenoxy) is 6. The summed E-state index contributed by atoms with van der Waals surface area (Å²) in [4.78, 5) is 95.6. The lowest BCUT2D eigenvalue weighted by Gasteiger charge is -2.34. The molecule has 5 heterocycles. The van der Waals surface area contributed by atoms with E-state index in [0.29, 0.717) is 112 Å². The molecule has 0 bridgehead atoms. The third kappa shape index (κ3) is 21.1. The molecule has 0 spiro atoms. The summed E-state index contributed by atoms with van der Waals surface area (Å²) in [5.41, 5.74) is 5.70. The molecule has 7 aromatic rings. The summed E-state index contributed by atoms with van der Waals surface area (Å²) in [5.74, 6) is 1.13. The van der Waals surface area contributed by atoms with Crippen LogP contribution in [0.5, 0.6) is 17.2 Å². The molecule has 4 aromatic heterocycles. The van der Waals surface area contributed by atoms with Gasteiger partial charge in [0, 0.05) is 121 Å². The van der Waals surface area contributed by atoms with Crippen molar-refractivity contribution in [1.29, 1.82) is 0 Å². The number of nitrogens with zero attached hydrogens (tertiary/aromatic N) is 7. The van der Waals surface area contributed by atoms with Gasteiger partial charge in [0.15, 0.2) is 13.2 Å². The molecule has 1 fully saturated rings. The van der Waals surface area contributed by atoms with Gasteiger partial charge in [-0.15, -0.1) is 0 Å². The first-order valence-electron chi connectivity index (χ1n) is 28.7. The normalized spacial score (nSPS) is 12.6. The van der Waals surface area contributed by atoms with Crippen LogP contribution in [0.25, 0.3) is 44.8 Å². The van der Waals surface area contributed by atoms with Crippen LogP contribution in [0.3, 0.4) is 0 Å². The molecule has 1 saturated heterocycles. The first kappa shape index (κ1) is 63.2. The number of piperazine rings is 1. The van der Waals surface area contributed by atoms with Crippen LogP contribution in [-0.2, 0) is 38.1 Å². The van der Waals surface area contributed by atoms with Gasteiger partial charge in [-0.25, -0.2) is 9.97 Å². The molecule has 26 heteroatoms. The van der Waals surface area contributed by atoms with E-state index in [4.69, 9.17) is 38.4 Å². The average molecular weight is 1190 g/mol. The molecule has 26 nitrogen and oxygen atoms in total. The number of amides is 5. The average Bonchev–Trinajstić information content (AvgIpc) is 3.51. The minimum absolute atomic E-state index is 0.131. The van der Waals surface area contributed by atoms with E-state index >= 15 is 0 Å². The maximum Gasteiger partial charge on any atom is 0.258 e. The number of aromatic nitrogens is 6. The molecule has 458 valence electrons. The predicted molar refractivity (Wildman–Crippen MR) is 321 cm³/mol. The number of anilines is 1. The number of pyridine rings is 2. The zero-order chi connectivity index (χ0) is 60.1. The first-order valence-corrected chi connectivity index (χ1v) is 28.7. The largest absolute Gasteiger partial charge is 0.508 e. The van der Waals surface area contributed by atoms with Crippen molar-refractivity contribution in [3.05, 3.63) is 109 Å². The fraction of sp³-hybridized carbons (Fsp3) is 0.417. The standard InChI is InChI=1S/C60H76N14O12/c1-72-24-26-74(27-25-72)45-37-49(57-52(38-45)70-59(71-57)44-8-11-50-51(36-44)69-58(68-50)43-6-9-46(75)10-7-43)60(80)67-16-23-73(21-12-53(76)63-17-28-81-32-34-83-30-19-65-55(78)41-85-47-4-2-14-61-39-47)22-13-54(77)64-18-29-82-33-35-84-31-20-66-56(79)42-86-48-5-3-15-62-40-48/h2-11,14-15,36-40,75H,12-13,16-35,41-42H2,1H3,(H,63,76)(H,64,77)(H,65,78)(H,66,79)(H,67,80)(H,68,69)(H,70,71). The molecule has 8 N–H and O–H groups in total. The van der Waals surface area contributed by atoms with Crippen LogP contribution in [0.1, 0.15) is 23.2 Å². The molecule has 0 saturated carbocycles. The number of hydrogen-bond acceptors (Lipinski definition) is 19. The number of phenols is 1. The summed E-state index contributed by atoms with van der Waals surface area (Å²) >= 11 is 0. The molecular formula is C60H76N14O12. The Balaban J connectivity index is 0.801. The lowest BCUT2D eigenvalue weighted by molar-refractivity contribution is -0.124. The fourth-order valence-electron chi connectivity index (χ4n) is 8.99. The Morgan fingerprint density at radius 3 is 1.63 bits per heavy atom. The van der Waals surface area contributed by atoms with Crippen molar-refractivity contribution in [2.45, 2.75) is 12.8 Å². The highest BCUT2D eigenvalue weighted by molar-refractivity contribution is 6.07. The van der Waals surface area contributed by atoms with Gasteiger partial charge in [-0.05, 0) is 85.9 Å². The van der Waals surface area contributed by atoms with E-state index < -0.39 is 0 Å². The molecule has 3 aromatic carbocycles. The van der Waals surface area contributed by atoms with E-state index in [0.717, 1.165) is 54.0 Å². The van der Waals surface area contributed by atoms with Gasteiger partial charge in [0.05, 0.1) is 87.4 Å². The summed E-state index contributed by atoms with van der Waals surface area (Å²) in [6.07, 6.45) is 6.56. The van der Waals surface area contributed by atoms with Crippen molar-refractivity contribution < 1.29 is 57.5 Å². The Morgan fingerprint density at radius 2 is 1.08 bits per heavy atom. The number of fused-ring (bicyclic) bond motifs is 2. The quantitative estimate of drug-likeness (QED) is 0.0260. The SMILES string of the molecule is CN1CCN(c2cc(C(=O)NCCN(CCC(=O)NCCOCCOCCNC(=O)COc3cccnc3)CCC(=O)NCCOCCOCCNC(=O)COc3cccnc3)c3nc(-c4ccc5nc(-c6ccc(O)cc6)[nH]c5c4)[nH]c3c2)CC1. The van der Waals surface area contributed by atoms with Crippen molar-refractivity contribution in [3.63, 3.8) is 0 Å². The van der Waals surface area contributed by atoms with Crippen LogP contribution in [0.15, 0.2) is 104 Å². The molecule has 1 aliphatic rings. The molecule has 86 heavy (non-hydrogen) atoms. The molecule has 1 aliphatic heterocycles. The van der Waals surface area contributed by atoms with Crippen LogP contribution in [-0.4, -0.2) is 226 Å². The van der Waals surface area contributed by atoms with Crippen LogP contribution in [0.4, 0.5) is 5.69 Å². The van der Waals surface area contributed by atoms with Gasteiger partial charge in [0.1, 0.15) is 34.4 Å². The van der Waals surface area contributed by atoms with Gasteiger partial charge in [-0.1, -0.05) is 0 Å². The summed E-state index contributed by atoms with van der Waals surface area (Å²) < 4.78 is 33.1. The number of H-pyrrole nitrogens is 2. The second kappa shape index (κ2) is 34.2. The van der Waals surface area contributed by atoms with E-state index in [1.54, 1.807) is 60.9 Å². The van der Waals surface area contributed by atoms with Crippen LogP contribution in [0.2, 0.25) is 0 Å². The highest BCUT2D eigenvalue weighted by atomic mass is 16.5. The first-order chi connectivity index (χ1) is 42.0. The zero-order valence-corrected chi connectivity index (χ0v) is 48.4. The molecule has 8 rings (SSSR count). The summed E-state index contributed by atoms with van der Waals surface area (Å²) in [6.45, 7) is 7.69. The number of rotatable bonds is 37. The minimum atomic E-state index is -0.318. The minimum Gasteiger partial charge on any atom is -0.508 e. The lowest BCUT2D eigenvalue weighted by atomic mass is 10.1. The molecular weight excluding hydrogens is 1110 g/mol. The van der Waals surface area contributed by atoms with Gasteiger partial charge in [0.25, 0.3) is 17.7 Å². The number of hydrogen-bond donors (Lipinski definition) is 8. The van der Waals surface area contributed by atoms with Crippen molar-refractivity contribution in [2.75, 3.05) is 157 Å². The molecule has 0 atom stereocenters. The second-order valence-electron chi connectivity index (χ2n) is 20.0. The Kier molecular flexibility index (Phi) is 25.2. The van der Waals surface area contributed by atoms with Crippen molar-refractivity contribution in [3.8, 4) is 40.0 Å². The Bertz CT molecular complexity index is 3140. The number of nitrogens with one attached hydrogen (secondary N) is 7.